The fraction of sp³-hybridized carbons (Fsp3) is 0.571. The lowest BCUT2D eigenvalue weighted by Gasteiger charge is -2.20. The Hall–Kier alpha value is -0.900. The van der Waals surface area contributed by atoms with Gasteiger partial charge in [0.15, 0.2) is 0 Å². The normalized spacial score (nSPS) is 16.5. The zero-order valence-corrected chi connectivity index (χ0v) is 10.5. The van der Waals surface area contributed by atoms with E-state index >= 15 is 0 Å². The van der Waals surface area contributed by atoms with Crippen LogP contribution in [0.3, 0.4) is 0 Å². The molecule has 0 fully saturated rings. The number of hydrogen-bond acceptors (Lipinski definition) is 3. The van der Waals surface area contributed by atoms with E-state index in [9.17, 15) is 5.11 Å². The largest absolute Gasteiger partial charge is 0.394 e. The van der Waals surface area contributed by atoms with E-state index in [0.717, 1.165) is 6.42 Å². The van der Waals surface area contributed by atoms with Gasteiger partial charge >= 0.3 is 0 Å². The first-order valence-corrected chi connectivity index (χ1v) is 6.08. The van der Waals surface area contributed by atoms with E-state index in [1.807, 2.05) is 25.1 Å². The third-order valence-electron chi connectivity index (χ3n) is 2.87. The molecule has 0 aromatic heterocycles. The van der Waals surface area contributed by atoms with E-state index in [0.29, 0.717) is 0 Å². The summed E-state index contributed by atoms with van der Waals surface area (Å²) in [5.41, 5.74) is 1.22. The lowest BCUT2D eigenvalue weighted by molar-refractivity contribution is -0.0390. The second-order valence-electron chi connectivity index (χ2n) is 4.56. The van der Waals surface area contributed by atoms with Crippen molar-refractivity contribution in [1.82, 2.24) is 0 Å². The van der Waals surface area contributed by atoms with Crippen molar-refractivity contribution in [3.05, 3.63) is 35.9 Å². The van der Waals surface area contributed by atoms with Gasteiger partial charge in [-0.25, -0.2) is 0 Å². The molecule has 0 aliphatic rings. The number of aliphatic hydroxyl groups excluding tert-OH is 2. The van der Waals surface area contributed by atoms with Gasteiger partial charge in [-0.2, -0.15) is 0 Å². The SMILES string of the molecule is CC(CO)OCC(O)C(C)Cc1ccccc1. The second-order valence-corrected chi connectivity index (χ2v) is 4.56. The highest BCUT2D eigenvalue weighted by Crippen LogP contribution is 2.12. The van der Waals surface area contributed by atoms with Gasteiger partial charge in [0.1, 0.15) is 0 Å². The maximum absolute atomic E-state index is 9.92. The van der Waals surface area contributed by atoms with Crippen LogP contribution in [0.2, 0.25) is 0 Å². The molecule has 3 atom stereocenters. The van der Waals surface area contributed by atoms with Crippen molar-refractivity contribution in [2.45, 2.75) is 32.5 Å². The Bertz CT molecular complexity index is 300. The number of benzene rings is 1. The Kier molecular flexibility index (Phi) is 6.19. The Labute approximate surface area is 103 Å². The van der Waals surface area contributed by atoms with Crippen LogP contribution in [-0.4, -0.2) is 35.6 Å². The van der Waals surface area contributed by atoms with Gasteiger partial charge in [-0.15, -0.1) is 0 Å². The molecule has 0 bridgehead atoms. The molecule has 0 spiro atoms. The van der Waals surface area contributed by atoms with Crippen molar-refractivity contribution in [2.75, 3.05) is 13.2 Å². The molecule has 3 unspecified atom stereocenters. The molecule has 0 aliphatic heterocycles. The van der Waals surface area contributed by atoms with Gasteiger partial charge in [0.2, 0.25) is 0 Å². The second kappa shape index (κ2) is 7.43. The number of rotatable bonds is 7. The summed E-state index contributed by atoms with van der Waals surface area (Å²) >= 11 is 0. The highest BCUT2D eigenvalue weighted by Gasteiger charge is 2.16. The molecule has 2 N–H and O–H groups in total. The summed E-state index contributed by atoms with van der Waals surface area (Å²) in [5.74, 6) is 0.142. The quantitative estimate of drug-likeness (QED) is 0.759. The maximum atomic E-state index is 9.92. The minimum Gasteiger partial charge on any atom is -0.394 e. The molecule has 0 amide bonds. The van der Waals surface area contributed by atoms with Crippen LogP contribution < -0.4 is 0 Å². The maximum Gasteiger partial charge on any atom is 0.0802 e. The lowest BCUT2D eigenvalue weighted by Crippen LogP contribution is -2.28. The molecular weight excluding hydrogens is 216 g/mol. The summed E-state index contributed by atoms with van der Waals surface area (Å²) in [6.45, 7) is 4.05. The van der Waals surface area contributed by atoms with Gasteiger partial charge in [-0.3, -0.25) is 0 Å². The van der Waals surface area contributed by atoms with Crippen molar-refractivity contribution in [3.8, 4) is 0 Å². The standard InChI is InChI=1S/C14H22O3/c1-11(8-13-6-4-3-5-7-13)14(16)10-17-12(2)9-15/h3-7,11-12,14-16H,8-10H2,1-2H3. The summed E-state index contributed by atoms with van der Waals surface area (Å²) in [4.78, 5) is 0. The van der Waals surface area contributed by atoms with Crippen LogP contribution in [0.4, 0.5) is 0 Å². The predicted octanol–water partition coefficient (Wildman–Crippen LogP) is 1.62. The average Bonchev–Trinajstić information content (AvgIpc) is 2.36. The molecule has 0 saturated carbocycles. The molecule has 0 heterocycles. The van der Waals surface area contributed by atoms with Gasteiger partial charge < -0.3 is 14.9 Å². The fourth-order valence-corrected chi connectivity index (χ4v) is 1.60. The molecule has 3 heteroatoms. The first-order valence-electron chi connectivity index (χ1n) is 6.08. The summed E-state index contributed by atoms with van der Waals surface area (Å²) in [5, 5.41) is 18.7. The van der Waals surface area contributed by atoms with E-state index in [1.165, 1.54) is 5.56 Å². The highest BCUT2D eigenvalue weighted by atomic mass is 16.5. The highest BCUT2D eigenvalue weighted by molar-refractivity contribution is 5.15. The number of hydrogen-bond donors (Lipinski definition) is 2. The Morgan fingerprint density at radius 1 is 1.18 bits per heavy atom. The van der Waals surface area contributed by atoms with Crippen LogP contribution in [0.25, 0.3) is 0 Å². The molecule has 0 radical (unpaired) electrons. The van der Waals surface area contributed by atoms with Crippen LogP contribution in [0.15, 0.2) is 30.3 Å². The third-order valence-corrected chi connectivity index (χ3v) is 2.87. The molecule has 17 heavy (non-hydrogen) atoms. The lowest BCUT2D eigenvalue weighted by atomic mass is 9.96. The smallest absolute Gasteiger partial charge is 0.0802 e. The molecule has 0 saturated heterocycles. The number of aliphatic hydroxyl groups is 2. The molecule has 0 aliphatic carbocycles. The monoisotopic (exact) mass is 238 g/mol. The Balaban J connectivity index is 2.34. The van der Waals surface area contributed by atoms with E-state index in [-0.39, 0.29) is 25.2 Å². The van der Waals surface area contributed by atoms with Gasteiger partial charge in [-0.1, -0.05) is 37.3 Å². The first-order chi connectivity index (χ1) is 8.13. The van der Waals surface area contributed by atoms with Crippen molar-refractivity contribution in [1.29, 1.82) is 0 Å². The fourth-order valence-electron chi connectivity index (χ4n) is 1.60. The van der Waals surface area contributed by atoms with E-state index < -0.39 is 6.10 Å². The minimum atomic E-state index is -0.496. The Morgan fingerprint density at radius 3 is 2.41 bits per heavy atom. The molecule has 96 valence electrons. The van der Waals surface area contributed by atoms with Crippen LogP contribution in [0, 0.1) is 5.92 Å². The molecular formula is C14H22O3. The molecule has 1 aromatic carbocycles. The minimum absolute atomic E-state index is 0.0141. The van der Waals surface area contributed by atoms with Gasteiger partial charge in [-0.05, 0) is 24.8 Å². The van der Waals surface area contributed by atoms with Gasteiger partial charge in [0, 0.05) is 0 Å². The van der Waals surface area contributed by atoms with E-state index in [1.54, 1.807) is 6.92 Å². The molecule has 1 rings (SSSR count). The first kappa shape index (κ1) is 14.2. The van der Waals surface area contributed by atoms with Crippen molar-refractivity contribution < 1.29 is 14.9 Å². The predicted molar refractivity (Wildman–Crippen MR) is 67.8 cm³/mol. The average molecular weight is 238 g/mol. The summed E-state index contributed by atoms with van der Waals surface area (Å²) in [7, 11) is 0. The van der Waals surface area contributed by atoms with Gasteiger partial charge in [0.05, 0.1) is 25.4 Å². The van der Waals surface area contributed by atoms with E-state index in [2.05, 4.69) is 12.1 Å². The Morgan fingerprint density at radius 2 is 1.82 bits per heavy atom. The summed E-state index contributed by atoms with van der Waals surface area (Å²) < 4.78 is 5.31. The third kappa shape index (κ3) is 5.31. The van der Waals surface area contributed by atoms with Crippen LogP contribution >= 0.6 is 0 Å². The van der Waals surface area contributed by atoms with Crippen molar-refractivity contribution in [3.63, 3.8) is 0 Å². The van der Waals surface area contributed by atoms with Crippen LogP contribution in [0.1, 0.15) is 19.4 Å². The van der Waals surface area contributed by atoms with Crippen molar-refractivity contribution in [2.24, 2.45) is 5.92 Å². The zero-order valence-electron chi connectivity index (χ0n) is 10.5. The van der Waals surface area contributed by atoms with Crippen LogP contribution in [0.5, 0.6) is 0 Å². The summed E-state index contributed by atoms with van der Waals surface area (Å²) in [6.07, 6.45) is 0.122. The van der Waals surface area contributed by atoms with Gasteiger partial charge in [0.25, 0.3) is 0 Å². The zero-order chi connectivity index (χ0) is 12.7. The number of ether oxygens (including phenoxy) is 1. The van der Waals surface area contributed by atoms with E-state index in [4.69, 9.17) is 9.84 Å². The van der Waals surface area contributed by atoms with Crippen LogP contribution in [-0.2, 0) is 11.2 Å². The summed E-state index contributed by atoms with van der Waals surface area (Å²) in [6, 6.07) is 10.1. The molecule has 1 aromatic rings. The topological polar surface area (TPSA) is 49.7 Å². The molecule has 3 nitrogen and oxygen atoms in total. The van der Waals surface area contributed by atoms with Crippen molar-refractivity contribution >= 4 is 0 Å².